The van der Waals surface area contributed by atoms with Gasteiger partial charge in [-0.15, -0.1) is 11.3 Å². The van der Waals surface area contributed by atoms with E-state index in [4.69, 9.17) is 16.7 Å². The van der Waals surface area contributed by atoms with Crippen LogP contribution < -0.4 is 0 Å². The number of carbonyl (C=O) groups is 2. The van der Waals surface area contributed by atoms with Crippen molar-refractivity contribution >= 4 is 34.8 Å². The smallest absolute Gasteiger partial charge is 0.312 e. The molecule has 0 aliphatic heterocycles. The first-order chi connectivity index (χ1) is 7.52. The average molecular weight is 262 g/mol. The summed E-state index contributed by atoms with van der Waals surface area (Å²) in [6.45, 7) is 2.72. The lowest BCUT2D eigenvalue weighted by atomic mass is 10.3. The van der Waals surface area contributed by atoms with Crippen LogP contribution in [-0.4, -0.2) is 28.4 Å². The molecule has 1 aromatic rings. The summed E-state index contributed by atoms with van der Waals surface area (Å²) >= 11 is 7.16. The third-order valence-electron chi connectivity index (χ3n) is 2.01. The van der Waals surface area contributed by atoms with E-state index in [-0.39, 0.29) is 5.91 Å². The summed E-state index contributed by atoms with van der Waals surface area (Å²) < 4.78 is 0.664. The zero-order chi connectivity index (χ0) is 12.1. The molecule has 1 aromatic heterocycles. The van der Waals surface area contributed by atoms with Crippen molar-refractivity contribution < 1.29 is 14.7 Å². The van der Waals surface area contributed by atoms with Gasteiger partial charge in [0.25, 0.3) is 0 Å². The Kier molecular flexibility index (Phi) is 4.76. The highest BCUT2D eigenvalue weighted by Gasteiger charge is 2.16. The molecular weight excluding hydrogens is 250 g/mol. The molecular formula is C10H12ClNO3S. The molecule has 6 heteroatoms. The summed E-state index contributed by atoms with van der Waals surface area (Å²) in [7, 11) is 0. The van der Waals surface area contributed by atoms with Crippen LogP contribution in [0.25, 0.3) is 0 Å². The van der Waals surface area contributed by atoms with Crippen molar-refractivity contribution in [2.24, 2.45) is 0 Å². The standard InChI is InChI=1S/C10H12ClNO3S/c1-2-12(9(13)5-10(14)15)6-7-3-4-8(11)16-7/h3-4H,2,5-6H2,1H3,(H,14,15). The van der Waals surface area contributed by atoms with Gasteiger partial charge >= 0.3 is 5.97 Å². The molecule has 0 aromatic carbocycles. The highest BCUT2D eigenvalue weighted by atomic mass is 35.5. The molecule has 0 bridgehead atoms. The Labute approximate surface area is 102 Å². The van der Waals surface area contributed by atoms with E-state index in [1.165, 1.54) is 16.2 Å². The van der Waals surface area contributed by atoms with Crippen molar-refractivity contribution in [1.29, 1.82) is 0 Å². The Morgan fingerprint density at radius 2 is 2.19 bits per heavy atom. The first-order valence-electron chi connectivity index (χ1n) is 4.76. The summed E-state index contributed by atoms with van der Waals surface area (Å²) in [5.74, 6) is -1.48. The summed E-state index contributed by atoms with van der Waals surface area (Å²) in [5, 5.41) is 8.53. The number of rotatable bonds is 5. The van der Waals surface area contributed by atoms with Crippen molar-refractivity contribution in [2.75, 3.05) is 6.54 Å². The fourth-order valence-corrected chi connectivity index (χ4v) is 2.35. The van der Waals surface area contributed by atoms with Gasteiger partial charge in [0.1, 0.15) is 6.42 Å². The number of carboxylic acid groups (broad SMARTS) is 1. The van der Waals surface area contributed by atoms with E-state index in [2.05, 4.69) is 0 Å². The molecule has 16 heavy (non-hydrogen) atoms. The minimum atomic E-state index is -1.10. The van der Waals surface area contributed by atoms with E-state index in [9.17, 15) is 9.59 Å². The van der Waals surface area contributed by atoms with Crippen LogP contribution in [0.3, 0.4) is 0 Å². The van der Waals surface area contributed by atoms with Gasteiger partial charge in [0.05, 0.1) is 10.9 Å². The highest BCUT2D eigenvalue weighted by molar-refractivity contribution is 7.16. The van der Waals surface area contributed by atoms with Gasteiger partial charge in [0.15, 0.2) is 0 Å². The van der Waals surface area contributed by atoms with Crippen molar-refractivity contribution in [1.82, 2.24) is 4.90 Å². The van der Waals surface area contributed by atoms with Crippen LogP contribution in [-0.2, 0) is 16.1 Å². The van der Waals surface area contributed by atoms with Crippen LogP contribution in [0.2, 0.25) is 4.34 Å². The van der Waals surface area contributed by atoms with Gasteiger partial charge in [-0.1, -0.05) is 11.6 Å². The molecule has 0 aliphatic rings. The van der Waals surface area contributed by atoms with Gasteiger partial charge in [-0.2, -0.15) is 0 Å². The second-order valence-electron chi connectivity index (χ2n) is 3.18. The van der Waals surface area contributed by atoms with Crippen LogP contribution in [0.5, 0.6) is 0 Å². The molecule has 88 valence electrons. The second-order valence-corrected chi connectivity index (χ2v) is 4.98. The van der Waals surface area contributed by atoms with E-state index >= 15 is 0 Å². The number of carbonyl (C=O) groups excluding carboxylic acids is 1. The molecule has 0 saturated carbocycles. The Morgan fingerprint density at radius 1 is 1.50 bits per heavy atom. The minimum Gasteiger partial charge on any atom is -0.481 e. The van der Waals surface area contributed by atoms with Gasteiger partial charge in [-0.3, -0.25) is 9.59 Å². The van der Waals surface area contributed by atoms with Crippen LogP contribution in [0.4, 0.5) is 0 Å². The first-order valence-corrected chi connectivity index (χ1v) is 5.96. The minimum absolute atomic E-state index is 0.375. The largest absolute Gasteiger partial charge is 0.481 e. The second kappa shape index (κ2) is 5.86. The van der Waals surface area contributed by atoms with E-state index in [1.807, 2.05) is 13.0 Å². The number of halogens is 1. The molecule has 4 nitrogen and oxygen atoms in total. The third kappa shape index (κ3) is 3.83. The molecule has 0 fully saturated rings. The molecule has 0 unspecified atom stereocenters. The molecule has 1 heterocycles. The summed E-state index contributed by atoms with van der Waals surface area (Å²) in [6, 6.07) is 3.60. The van der Waals surface area contributed by atoms with E-state index in [0.29, 0.717) is 17.4 Å². The molecule has 0 atom stereocenters. The van der Waals surface area contributed by atoms with Crippen LogP contribution in [0.1, 0.15) is 18.2 Å². The predicted molar refractivity (Wildman–Crippen MR) is 62.7 cm³/mol. The summed E-state index contributed by atoms with van der Waals surface area (Å²) in [5.41, 5.74) is 0. The number of carboxylic acids is 1. The predicted octanol–water partition coefficient (Wildman–Crippen LogP) is 2.22. The fourth-order valence-electron chi connectivity index (χ4n) is 1.24. The van der Waals surface area contributed by atoms with Gasteiger partial charge in [-0.25, -0.2) is 0 Å². The van der Waals surface area contributed by atoms with Crippen LogP contribution in [0.15, 0.2) is 12.1 Å². The highest BCUT2D eigenvalue weighted by Crippen LogP contribution is 2.22. The van der Waals surface area contributed by atoms with Crippen molar-refractivity contribution in [3.63, 3.8) is 0 Å². The number of aliphatic carboxylic acids is 1. The molecule has 0 spiro atoms. The SMILES string of the molecule is CCN(Cc1ccc(Cl)s1)C(=O)CC(=O)O. The summed E-state index contributed by atoms with van der Waals surface area (Å²) in [4.78, 5) is 24.4. The normalized spacial score (nSPS) is 10.1. The maximum absolute atomic E-state index is 11.5. The monoisotopic (exact) mass is 261 g/mol. The van der Waals surface area contributed by atoms with Crippen molar-refractivity contribution in [3.05, 3.63) is 21.3 Å². The summed E-state index contributed by atoms with van der Waals surface area (Å²) in [6.07, 6.45) is -0.465. The number of hydrogen-bond acceptors (Lipinski definition) is 3. The third-order valence-corrected chi connectivity index (χ3v) is 3.23. The molecule has 1 amide bonds. The van der Waals surface area contributed by atoms with Crippen LogP contribution in [0, 0.1) is 0 Å². The van der Waals surface area contributed by atoms with Crippen molar-refractivity contribution in [2.45, 2.75) is 19.9 Å². The molecule has 1 rings (SSSR count). The quantitative estimate of drug-likeness (QED) is 0.827. The van der Waals surface area contributed by atoms with Crippen molar-refractivity contribution in [3.8, 4) is 0 Å². The lowest BCUT2D eigenvalue weighted by molar-refractivity contribution is -0.144. The Morgan fingerprint density at radius 3 is 2.62 bits per heavy atom. The zero-order valence-electron chi connectivity index (χ0n) is 8.77. The Bertz CT molecular complexity index is 391. The zero-order valence-corrected chi connectivity index (χ0v) is 10.3. The average Bonchev–Trinajstić information content (AvgIpc) is 2.59. The van der Waals surface area contributed by atoms with Gasteiger partial charge in [0.2, 0.25) is 5.91 Å². The van der Waals surface area contributed by atoms with Gasteiger partial charge in [-0.05, 0) is 19.1 Å². The number of nitrogens with zero attached hydrogens (tertiary/aromatic N) is 1. The molecule has 0 aliphatic carbocycles. The maximum Gasteiger partial charge on any atom is 0.312 e. The topological polar surface area (TPSA) is 57.6 Å². The van der Waals surface area contributed by atoms with E-state index in [0.717, 1.165) is 4.88 Å². The number of thiophene rings is 1. The maximum atomic E-state index is 11.5. The fraction of sp³-hybridized carbons (Fsp3) is 0.400. The Balaban J connectivity index is 2.61. The molecule has 0 saturated heterocycles. The molecule has 0 radical (unpaired) electrons. The lowest BCUT2D eigenvalue weighted by Gasteiger charge is -2.18. The number of amides is 1. The Hall–Kier alpha value is -1.07. The first kappa shape index (κ1) is 13.0. The lowest BCUT2D eigenvalue weighted by Crippen LogP contribution is -2.31. The van der Waals surface area contributed by atoms with E-state index < -0.39 is 12.4 Å². The van der Waals surface area contributed by atoms with Gasteiger partial charge < -0.3 is 10.0 Å². The molecule has 1 N–H and O–H groups in total. The number of hydrogen-bond donors (Lipinski definition) is 1. The van der Waals surface area contributed by atoms with E-state index in [1.54, 1.807) is 6.07 Å². The van der Waals surface area contributed by atoms with Gasteiger partial charge in [0, 0.05) is 11.4 Å². The van der Waals surface area contributed by atoms with Crippen LogP contribution >= 0.6 is 22.9 Å².